The molecule has 0 aromatic heterocycles. The summed E-state index contributed by atoms with van der Waals surface area (Å²) in [4.78, 5) is 0. The summed E-state index contributed by atoms with van der Waals surface area (Å²) >= 11 is 0. The van der Waals surface area contributed by atoms with Crippen LogP contribution in [0.5, 0.6) is 0 Å². The molecule has 0 saturated heterocycles. The molecule has 0 heterocycles. The first-order valence-electron chi connectivity index (χ1n) is 10.9. The van der Waals surface area contributed by atoms with Crippen LogP contribution in [0, 0.1) is 5.92 Å². The Balaban J connectivity index is 1.42. The Morgan fingerprint density at radius 2 is 2.00 bits per heavy atom. The summed E-state index contributed by atoms with van der Waals surface area (Å²) in [6.07, 6.45) is 10.5. The molecular formula is C23H37NO3. The lowest BCUT2D eigenvalue weighted by Gasteiger charge is -2.27. The van der Waals surface area contributed by atoms with Crippen molar-refractivity contribution < 1.29 is 14.6 Å². The zero-order valence-corrected chi connectivity index (χ0v) is 16.7. The smallest absolute Gasteiger partial charge is 0.0704 e. The van der Waals surface area contributed by atoms with E-state index in [4.69, 9.17) is 20.3 Å². The van der Waals surface area contributed by atoms with E-state index in [0.717, 1.165) is 57.7 Å². The number of fused-ring (bicyclic) bond motifs is 1. The number of rotatable bonds is 12. The summed E-state index contributed by atoms with van der Waals surface area (Å²) in [5.74, 6) is 1.21. The molecule has 152 valence electrons. The zero-order valence-electron chi connectivity index (χ0n) is 16.7. The normalized spacial score (nSPS) is 20.9. The van der Waals surface area contributed by atoms with Crippen molar-refractivity contribution in [3.8, 4) is 0 Å². The molecule has 2 atom stereocenters. The highest BCUT2D eigenvalue weighted by molar-refractivity contribution is 5.36. The molecule has 3 N–H and O–H groups in total. The van der Waals surface area contributed by atoms with Gasteiger partial charge in [0.1, 0.15) is 0 Å². The maximum atomic E-state index is 8.98. The third kappa shape index (κ3) is 6.28. The van der Waals surface area contributed by atoms with Gasteiger partial charge < -0.3 is 20.3 Å². The highest BCUT2D eigenvalue weighted by Gasteiger charge is 2.21. The third-order valence-electron chi connectivity index (χ3n) is 6.29. The van der Waals surface area contributed by atoms with E-state index in [-0.39, 0.29) is 6.61 Å². The van der Waals surface area contributed by atoms with Crippen LogP contribution in [0.15, 0.2) is 18.2 Å². The van der Waals surface area contributed by atoms with Gasteiger partial charge >= 0.3 is 0 Å². The predicted molar refractivity (Wildman–Crippen MR) is 109 cm³/mol. The van der Waals surface area contributed by atoms with Gasteiger partial charge in [-0.2, -0.15) is 0 Å². The maximum absolute atomic E-state index is 8.98. The molecule has 4 heteroatoms. The molecule has 0 amide bonds. The second-order valence-corrected chi connectivity index (χ2v) is 8.29. The molecule has 1 aromatic carbocycles. The molecule has 1 saturated carbocycles. The minimum atomic E-state index is 0.272. The number of aliphatic hydroxyl groups is 1. The van der Waals surface area contributed by atoms with Gasteiger partial charge in [-0.15, -0.1) is 0 Å². The van der Waals surface area contributed by atoms with E-state index in [9.17, 15) is 0 Å². The molecule has 0 radical (unpaired) electrons. The van der Waals surface area contributed by atoms with Crippen LogP contribution in [0.1, 0.15) is 67.6 Å². The first kappa shape index (κ1) is 20.8. The van der Waals surface area contributed by atoms with Crippen molar-refractivity contribution in [1.29, 1.82) is 0 Å². The first-order chi connectivity index (χ1) is 13.3. The second-order valence-electron chi connectivity index (χ2n) is 8.29. The van der Waals surface area contributed by atoms with E-state index in [1.54, 1.807) is 0 Å². The van der Waals surface area contributed by atoms with Crippen molar-refractivity contribution in [1.82, 2.24) is 0 Å². The molecule has 3 rings (SSSR count). The van der Waals surface area contributed by atoms with E-state index in [1.807, 2.05) is 0 Å². The summed E-state index contributed by atoms with van der Waals surface area (Å²) < 4.78 is 11.8. The molecule has 2 aliphatic rings. The largest absolute Gasteiger partial charge is 0.396 e. The van der Waals surface area contributed by atoms with Gasteiger partial charge in [0.15, 0.2) is 0 Å². The zero-order chi connectivity index (χ0) is 18.9. The van der Waals surface area contributed by atoms with E-state index >= 15 is 0 Å². The van der Waals surface area contributed by atoms with E-state index in [0.29, 0.717) is 25.2 Å². The number of aliphatic hydroxyl groups excluding tert-OH is 1. The van der Waals surface area contributed by atoms with Gasteiger partial charge in [0.25, 0.3) is 0 Å². The first-order valence-corrected chi connectivity index (χ1v) is 10.9. The lowest BCUT2D eigenvalue weighted by atomic mass is 9.85. The lowest BCUT2D eigenvalue weighted by Crippen LogP contribution is -2.25. The number of hydrogen-bond donors (Lipinski definition) is 2. The predicted octanol–water partition coefficient (Wildman–Crippen LogP) is 3.58. The van der Waals surface area contributed by atoms with Crippen LogP contribution >= 0.6 is 0 Å². The minimum Gasteiger partial charge on any atom is -0.396 e. The molecule has 0 aliphatic heterocycles. The number of nitrogens with two attached hydrogens (primary N) is 1. The van der Waals surface area contributed by atoms with Crippen molar-refractivity contribution in [3.63, 3.8) is 0 Å². The van der Waals surface area contributed by atoms with Gasteiger partial charge in [-0.1, -0.05) is 31.0 Å². The highest BCUT2D eigenvalue weighted by Crippen LogP contribution is 2.29. The fraction of sp³-hybridized carbons (Fsp3) is 0.739. The Morgan fingerprint density at radius 1 is 1.11 bits per heavy atom. The number of unbranched alkanes of at least 4 members (excludes halogenated alkanes) is 1. The van der Waals surface area contributed by atoms with Crippen molar-refractivity contribution in [2.75, 3.05) is 33.0 Å². The lowest BCUT2D eigenvalue weighted by molar-refractivity contribution is -0.0139. The van der Waals surface area contributed by atoms with Crippen molar-refractivity contribution in [3.05, 3.63) is 34.9 Å². The van der Waals surface area contributed by atoms with Gasteiger partial charge in [-0.25, -0.2) is 0 Å². The van der Waals surface area contributed by atoms with Crippen LogP contribution in [-0.4, -0.2) is 44.2 Å². The number of benzene rings is 1. The molecule has 4 nitrogen and oxygen atoms in total. The van der Waals surface area contributed by atoms with Gasteiger partial charge in [-0.05, 0) is 80.0 Å². The Kier molecular flexibility index (Phi) is 8.59. The van der Waals surface area contributed by atoms with Crippen LogP contribution in [0.4, 0.5) is 0 Å². The average Bonchev–Trinajstić information content (AvgIpc) is 2.66. The van der Waals surface area contributed by atoms with E-state index in [1.165, 1.54) is 36.0 Å². The number of ether oxygens (including phenoxy) is 2. The summed E-state index contributed by atoms with van der Waals surface area (Å²) in [6, 6.07) is 6.89. The number of aryl methyl sites for hydroxylation is 1. The van der Waals surface area contributed by atoms with E-state index < -0.39 is 0 Å². The topological polar surface area (TPSA) is 64.7 Å². The fourth-order valence-corrected chi connectivity index (χ4v) is 4.24. The van der Waals surface area contributed by atoms with Gasteiger partial charge in [0.2, 0.25) is 0 Å². The Morgan fingerprint density at radius 3 is 2.74 bits per heavy atom. The van der Waals surface area contributed by atoms with Crippen molar-refractivity contribution in [2.24, 2.45) is 11.7 Å². The Labute approximate surface area is 164 Å². The molecule has 0 spiro atoms. The third-order valence-corrected chi connectivity index (χ3v) is 6.29. The molecule has 1 aromatic rings. The molecule has 0 unspecified atom stereocenters. The van der Waals surface area contributed by atoms with E-state index in [2.05, 4.69) is 18.2 Å². The molecule has 2 aliphatic carbocycles. The summed E-state index contributed by atoms with van der Waals surface area (Å²) in [5, 5.41) is 8.98. The quantitative estimate of drug-likeness (QED) is 0.548. The second kappa shape index (κ2) is 11.2. The fourth-order valence-electron chi connectivity index (χ4n) is 4.24. The van der Waals surface area contributed by atoms with Crippen LogP contribution in [0.2, 0.25) is 0 Å². The number of hydrogen-bond acceptors (Lipinski definition) is 4. The Bertz CT molecular complexity index is 559. The molecule has 27 heavy (non-hydrogen) atoms. The van der Waals surface area contributed by atoms with Crippen molar-refractivity contribution in [2.45, 2.75) is 69.8 Å². The van der Waals surface area contributed by atoms with Gasteiger partial charge in [0, 0.05) is 13.2 Å². The van der Waals surface area contributed by atoms with Crippen LogP contribution < -0.4 is 5.73 Å². The Hall–Kier alpha value is -0.940. The average molecular weight is 376 g/mol. The van der Waals surface area contributed by atoms with Gasteiger partial charge in [-0.3, -0.25) is 0 Å². The summed E-state index contributed by atoms with van der Waals surface area (Å²) in [7, 11) is 0. The van der Waals surface area contributed by atoms with Gasteiger partial charge in [0.05, 0.1) is 19.3 Å². The molecule has 0 bridgehead atoms. The van der Waals surface area contributed by atoms with Crippen LogP contribution in [0.25, 0.3) is 0 Å². The summed E-state index contributed by atoms with van der Waals surface area (Å²) in [5.41, 5.74) is 10.3. The molecular weight excluding hydrogens is 338 g/mol. The maximum Gasteiger partial charge on any atom is 0.0704 e. The van der Waals surface area contributed by atoms with Crippen molar-refractivity contribution >= 4 is 0 Å². The SMILES string of the molecule is NC[C@H](CCCCO)c1ccc2c(c1)CC[C@@H](OCCOCC1CCC1)C2. The minimum absolute atomic E-state index is 0.272. The standard InChI is InChI=1S/C23H37NO3/c24-16-22(6-1-2-11-25)20-7-8-21-15-23(10-9-19(21)14-20)27-13-12-26-17-18-4-3-5-18/h7-8,14,18,22-23,25H,1-6,9-13,15-17,24H2/t22-,23+/m0/s1. The monoisotopic (exact) mass is 375 g/mol. The van der Waals surface area contributed by atoms with Crippen LogP contribution in [0.3, 0.4) is 0 Å². The summed E-state index contributed by atoms with van der Waals surface area (Å²) in [6.45, 7) is 3.31. The molecule has 1 fully saturated rings. The highest BCUT2D eigenvalue weighted by atomic mass is 16.5. The van der Waals surface area contributed by atoms with Crippen LogP contribution in [-0.2, 0) is 22.3 Å².